The summed E-state index contributed by atoms with van der Waals surface area (Å²) in [5.74, 6) is 0.620. The molecule has 152 valence electrons. The van der Waals surface area contributed by atoms with Crippen LogP contribution in [0, 0.1) is 6.92 Å². The summed E-state index contributed by atoms with van der Waals surface area (Å²) >= 11 is 0. The van der Waals surface area contributed by atoms with Gasteiger partial charge in [0.25, 0.3) is 5.88 Å². The minimum atomic E-state index is 0.280. The summed E-state index contributed by atoms with van der Waals surface area (Å²) in [6.45, 7) is 4.53. The Labute approximate surface area is 174 Å². The number of para-hydroxylation sites is 1. The number of fused-ring (bicyclic) bond motifs is 2. The van der Waals surface area contributed by atoms with E-state index >= 15 is 0 Å². The fourth-order valence-electron chi connectivity index (χ4n) is 4.13. The lowest BCUT2D eigenvalue weighted by Gasteiger charge is -2.27. The van der Waals surface area contributed by atoms with Crippen LogP contribution < -0.4 is 10.5 Å². The predicted octanol–water partition coefficient (Wildman–Crippen LogP) is 3.48. The molecule has 4 aromatic rings. The Morgan fingerprint density at radius 2 is 2.13 bits per heavy atom. The molecule has 0 saturated heterocycles. The van der Waals surface area contributed by atoms with Crippen molar-refractivity contribution in [2.24, 2.45) is 0 Å². The van der Waals surface area contributed by atoms with E-state index in [4.69, 9.17) is 10.5 Å². The van der Waals surface area contributed by atoms with E-state index in [1.807, 2.05) is 18.2 Å². The van der Waals surface area contributed by atoms with Gasteiger partial charge in [-0.05, 0) is 55.3 Å². The van der Waals surface area contributed by atoms with Gasteiger partial charge in [-0.2, -0.15) is 0 Å². The van der Waals surface area contributed by atoms with Crippen LogP contribution in [0.5, 0.6) is 5.88 Å². The number of hydrogen-bond donors (Lipinski definition) is 2. The first-order chi connectivity index (χ1) is 14.6. The number of likely N-dealkylation sites (N-methyl/N-ethyl adjacent to an activating group) is 1. The lowest BCUT2D eigenvalue weighted by Crippen LogP contribution is -2.27. The van der Waals surface area contributed by atoms with E-state index in [-0.39, 0.29) is 5.82 Å². The topological polar surface area (TPSA) is 92.9 Å². The van der Waals surface area contributed by atoms with E-state index in [1.54, 1.807) is 12.5 Å². The number of ether oxygens (including phenoxy) is 1. The molecule has 0 aliphatic carbocycles. The van der Waals surface area contributed by atoms with Gasteiger partial charge in [-0.3, -0.25) is 0 Å². The standard InChI is InChI=1S/C23H24N6O/c1-14-8-16(9-17-11-29(2)7-6-18(14)17)20-10-25-22(24)23(28-20)30-12-15-4-3-5-19-21(15)27-13-26-19/h3-5,8-10,13H,6-7,11-12H2,1-2H3,(H2,24,25)(H,26,27). The molecule has 0 saturated carbocycles. The molecule has 0 amide bonds. The number of nitrogens with zero attached hydrogens (tertiary/aromatic N) is 4. The van der Waals surface area contributed by atoms with Gasteiger partial charge in [-0.1, -0.05) is 12.1 Å². The summed E-state index contributed by atoms with van der Waals surface area (Å²) in [6, 6.07) is 10.3. The zero-order valence-corrected chi connectivity index (χ0v) is 17.1. The summed E-state index contributed by atoms with van der Waals surface area (Å²) < 4.78 is 5.96. The fourth-order valence-corrected chi connectivity index (χ4v) is 4.13. The number of imidazole rings is 1. The maximum atomic E-state index is 6.06. The third kappa shape index (κ3) is 3.37. The first kappa shape index (κ1) is 18.6. The Morgan fingerprint density at radius 1 is 1.23 bits per heavy atom. The van der Waals surface area contributed by atoms with Crippen molar-refractivity contribution in [3.8, 4) is 17.1 Å². The normalized spacial score (nSPS) is 14.1. The maximum Gasteiger partial charge on any atom is 0.258 e. The number of nitrogens with two attached hydrogens (primary N) is 1. The molecule has 7 nitrogen and oxygen atoms in total. The summed E-state index contributed by atoms with van der Waals surface area (Å²) in [5, 5.41) is 0. The molecule has 2 aromatic carbocycles. The first-order valence-corrected chi connectivity index (χ1v) is 10.1. The number of hydrogen-bond acceptors (Lipinski definition) is 6. The summed E-state index contributed by atoms with van der Waals surface area (Å²) in [4.78, 5) is 18.8. The molecule has 0 unspecified atom stereocenters. The molecular formula is C23H24N6O. The number of aryl methyl sites for hydroxylation is 1. The quantitative estimate of drug-likeness (QED) is 0.545. The summed E-state index contributed by atoms with van der Waals surface area (Å²) in [6.07, 6.45) is 4.47. The number of nitrogens with one attached hydrogen (secondary N) is 1. The molecule has 3 N–H and O–H groups in total. The predicted molar refractivity (Wildman–Crippen MR) is 117 cm³/mol. The molecule has 0 atom stereocenters. The van der Waals surface area contributed by atoms with Crippen molar-refractivity contribution in [2.75, 3.05) is 19.3 Å². The Hall–Kier alpha value is -3.45. The van der Waals surface area contributed by atoms with Crippen molar-refractivity contribution in [3.05, 3.63) is 65.1 Å². The number of anilines is 1. The summed E-state index contributed by atoms with van der Waals surface area (Å²) in [5.41, 5.74) is 14.8. The van der Waals surface area contributed by atoms with Crippen molar-refractivity contribution in [2.45, 2.75) is 26.5 Å². The van der Waals surface area contributed by atoms with E-state index in [1.165, 1.54) is 16.7 Å². The lowest BCUT2D eigenvalue weighted by molar-refractivity contribution is 0.296. The van der Waals surface area contributed by atoms with Crippen molar-refractivity contribution < 1.29 is 4.74 Å². The van der Waals surface area contributed by atoms with Crippen LogP contribution in [0.2, 0.25) is 0 Å². The number of benzene rings is 2. The highest BCUT2D eigenvalue weighted by Crippen LogP contribution is 2.30. The van der Waals surface area contributed by atoms with Crippen molar-refractivity contribution in [1.82, 2.24) is 24.8 Å². The largest absolute Gasteiger partial charge is 0.470 e. The van der Waals surface area contributed by atoms with Gasteiger partial charge in [0.15, 0.2) is 5.82 Å². The molecule has 1 aliphatic heterocycles. The van der Waals surface area contributed by atoms with Gasteiger partial charge in [0, 0.05) is 24.2 Å². The number of nitrogen functional groups attached to an aromatic ring is 1. The monoisotopic (exact) mass is 400 g/mol. The summed E-state index contributed by atoms with van der Waals surface area (Å²) in [7, 11) is 2.15. The highest BCUT2D eigenvalue weighted by Gasteiger charge is 2.18. The zero-order chi connectivity index (χ0) is 20.7. The second-order valence-electron chi connectivity index (χ2n) is 7.87. The molecule has 5 rings (SSSR count). The molecule has 1 aliphatic rings. The molecule has 0 radical (unpaired) electrons. The van der Waals surface area contributed by atoms with E-state index in [2.05, 4.69) is 50.9 Å². The van der Waals surface area contributed by atoms with Gasteiger partial charge < -0.3 is 20.4 Å². The Morgan fingerprint density at radius 3 is 3.03 bits per heavy atom. The van der Waals surface area contributed by atoms with Crippen LogP contribution in [-0.2, 0) is 19.6 Å². The third-order valence-corrected chi connectivity index (χ3v) is 5.71. The van der Waals surface area contributed by atoms with E-state index in [0.717, 1.165) is 47.4 Å². The average molecular weight is 400 g/mol. The van der Waals surface area contributed by atoms with Gasteiger partial charge in [0.2, 0.25) is 0 Å². The number of aromatic amines is 1. The third-order valence-electron chi connectivity index (χ3n) is 5.71. The van der Waals surface area contributed by atoms with Gasteiger partial charge in [0.1, 0.15) is 6.61 Å². The van der Waals surface area contributed by atoms with E-state index in [0.29, 0.717) is 12.5 Å². The second-order valence-corrected chi connectivity index (χ2v) is 7.87. The van der Waals surface area contributed by atoms with Crippen LogP contribution >= 0.6 is 0 Å². The van der Waals surface area contributed by atoms with Gasteiger partial charge in [0.05, 0.1) is 29.3 Å². The SMILES string of the molecule is Cc1cc(-c2cnc(N)c(OCc3cccc4[nH]cnc34)n2)cc2c1CCN(C)C2. The smallest absolute Gasteiger partial charge is 0.258 e. The van der Waals surface area contributed by atoms with Crippen LogP contribution in [0.1, 0.15) is 22.3 Å². The minimum absolute atomic E-state index is 0.280. The highest BCUT2D eigenvalue weighted by atomic mass is 16.5. The van der Waals surface area contributed by atoms with Crippen LogP contribution in [0.3, 0.4) is 0 Å². The number of aromatic nitrogens is 4. The molecule has 7 heteroatoms. The molecule has 0 fully saturated rings. The molecule has 2 aromatic heterocycles. The van der Waals surface area contributed by atoms with Gasteiger partial charge in [-0.25, -0.2) is 15.0 Å². The van der Waals surface area contributed by atoms with Gasteiger partial charge in [-0.15, -0.1) is 0 Å². The lowest BCUT2D eigenvalue weighted by atomic mass is 9.92. The molecular weight excluding hydrogens is 376 g/mol. The Kier molecular flexibility index (Phi) is 4.59. The second kappa shape index (κ2) is 7.42. The zero-order valence-electron chi connectivity index (χ0n) is 17.1. The van der Waals surface area contributed by atoms with E-state index in [9.17, 15) is 0 Å². The minimum Gasteiger partial charge on any atom is -0.470 e. The van der Waals surface area contributed by atoms with Crippen molar-refractivity contribution in [1.29, 1.82) is 0 Å². The van der Waals surface area contributed by atoms with Crippen molar-refractivity contribution >= 4 is 16.9 Å². The fraction of sp³-hybridized carbons (Fsp3) is 0.261. The average Bonchev–Trinajstić information content (AvgIpc) is 3.22. The molecule has 0 spiro atoms. The maximum absolute atomic E-state index is 6.06. The number of rotatable bonds is 4. The first-order valence-electron chi connectivity index (χ1n) is 10.1. The number of H-pyrrole nitrogens is 1. The van der Waals surface area contributed by atoms with Crippen LogP contribution in [-0.4, -0.2) is 38.4 Å². The van der Waals surface area contributed by atoms with E-state index < -0.39 is 0 Å². The molecule has 0 bridgehead atoms. The Bertz CT molecular complexity index is 1230. The van der Waals surface area contributed by atoms with Crippen LogP contribution in [0.25, 0.3) is 22.3 Å². The Balaban J connectivity index is 1.45. The van der Waals surface area contributed by atoms with Gasteiger partial charge >= 0.3 is 0 Å². The highest BCUT2D eigenvalue weighted by molar-refractivity contribution is 5.78. The van der Waals surface area contributed by atoms with Crippen LogP contribution in [0.4, 0.5) is 5.82 Å². The molecule has 3 heterocycles. The van der Waals surface area contributed by atoms with Crippen molar-refractivity contribution in [3.63, 3.8) is 0 Å². The van der Waals surface area contributed by atoms with Crippen LogP contribution in [0.15, 0.2) is 42.9 Å². The molecule has 30 heavy (non-hydrogen) atoms.